The van der Waals surface area contributed by atoms with Crippen molar-refractivity contribution >= 4 is 34.0 Å². The molecule has 0 aliphatic carbocycles. The molecule has 1 amide bonds. The van der Waals surface area contributed by atoms with E-state index in [1.54, 1.807) is 7.11 Å². The number of hydrogen-bond donors (Lipinski definition) is 1. The van der Waals surface area contributed by atoms with Gasteiger partial charge in [0.25, 0.3) is 0 Å². The van der Waals surface area contributed by atoms with Gasteiger partial charge < -0.3 is 24.1 Å². The van der Waals surface area contributed by atoms with Gasteiger partial charge in [0.15, 0.2) is 0 Å². The van der Waals surface area contributed by atoms with Crippen LogP contribution in [-0.2, 0) is 11.3 Å². The van der Waals surface area contributed by atoms with E-state index < -0.39 is 6.09 Å². The Balaban J connectivity index is 1.33. The van der Waals surface area contributed by atoms with Gasteiger partial charge in [-0.1, -0.05) is 25.1 Å². The normalized spacial score (nSPS) is 11.3. The van der Waals surface area contributed by atoms with Gasteiger partial charge in [-0.25, -0.2) is 4.79 Å². The second kappa shape index (κ2) is 11.4. The lowest BCUT2D eigenvalue weighted by Gasteiger charge is -2.10. The maximum atomic E-state index is 12.2. The highest BCUT2D eigenvalue weighted by Crippen LogP contribution is 2.32. The summed E-state index contributed by atoms with van der Waals surface area (Å²) in [6, 6.07) is 15.9. The van der Waals surface area contributed by atoms with Crippen LogP contribution in [-0.4, -0.2) is 42.5 Å². The quantitative estimate of drug-likeness (QED) is 0.318. The molecule has 4 aromatic rings. The molecule has 2 aromatic heterocycles. The zero-order valence-corrected chi connectivity index (χ0v) is 20.4. The van der Waals surface area contributed by atoms with Crippen LogP contribution in [0.1, 0.15) is 24.6 Å². The summed E-state index contributed by atoms with van der Waals surface area (Å²) in [4.78, 5) is 16.7. The molecular formula is C28H31N3O4. The predicted octanol–water partition coefficient (Wildman–Crippen LogP) is 5.73. The minimum Gasteiger partial charge on any atom is -0.497 e. The highest BCUT2D eigenvalue weighted by molar-refractivity contribution is 6.09. The van der Waals surface area contributed by atoms with Crippen LogP contribution in [0, 0.1) is 6.92 Å². The summed E-state index contributed by atoms with van der Waals surface area (Å²) < 4.78 is 18.5. The first-order valence-electron chi connectivity index (χ1n) is 11.8. The Morgan fingerprint density at radius 1 is 1.09 bits per heavy atom. The summed E-state index contributed by atoms with van der Waals surface area (Å²) in [5.41, 5.74) is 4.05. The summed E-state index contributed by atoms with van der Waals surface area (Å²) in [5, 5.41) is 5.10. The van der Waals surface area contributed by atoms with Gasteiger partial charge in [-0.15, -0.1) is 0 Å². The van der Waals surface area contributed by atoms with Crippen LogP contribution in [0.5, 0.6) is 11.5 Å². The molecule has 0 bridgehead atoms. The Morgan fingerprint density at radius 2 is 1.89 bits per heavy atom. The van der Waals surface area contributed by atoms with Gasteiger partial charge in [0.1, 0.15) is 18.1 Å². The second-order valence-corrected chi connectivity index (χ2v) is 8.17. The topological polar surface area (TPSA) is 74.6 Å². The van der Waals surface area contributed by atoms with E-state index in [4.69, 9.17) is 14.2 Å². The largest absolute Gasteiger partial charge is 0.497 e. The van der Waals surface area contributed by atoms with E-state index in [9.17, 15) is 4.79 Å². The number of aromatic nitrogens is 2. The van der Waals surface area contributed by atoms with Gasteiger partial charge in [-0.3, -0.25) is 4.98 Å². The zero-order valence-electron chi connectivity index (χ0n) is 20.4. The van der Waals surface area contributed by atoms with Gasteiger partial charge in [0.2, 0.25) is 0 Å². The molecule has 2 aromatic carbocycles. The maximum Gasteiger partial charge on any atom is 0.407 e. The predicted molar refractivity (Wildman–Crippen MR) is 139 cm³/mol. The third-order valence-corrected chi connectivity index (χ3v) is 5.74. The van der Waals surface area contributed by atoms with Gasteiger partial charge >= 0.3 is 6.09 Å². The minimum atomic E-state index is -0.453. The van der Waals surface area contributed by atoms with E-state index in [-0.39, 0.29) is 6.61 Å². The summed E-state index contributed by atoms with van der Waals surface area (Å²) in [6.45, 7) is 5.97. The number of methoxy groups -OCH3 is 1. The smallest absolute Gasteiger partial charge is 0.407 e. The molecular weight excluding hydrogens is 442 g/mol. The first-order chi connectivity index (χ1) is 17.1. The molecule has 7 nitrogen and oxygen atoms in total. The lowest BCUT2D eigenvalue weighted by Crippen LogP contribution is -2.28. The molecule has 0 radical (unpaired) electrons. The van der Waals surface area contributed by atoms with Crippen molar-refractivity contribution in [2.24, 2.45) is 0 Å². The van der Waals surface area contributed by atoms with Crippen LogP contribution < -0.4 is 14.8 Å². The van der Waals surface area contributed by atoms with Crippen LogP contribution >= 0.6 is 0 Å². The van der Waals surface area contributed by atoms with Crippen molar-refractivity contribution in [2.45, 2.75) is 26.8 Å². The number of aryl methyl sites for hydroxylation is 1. The molecule has 2 heterocycles. The average molecular weight is 474 g/mol. The number of nitrogens with one attached hydrogen (secondary N) is 1. The summed E-state index contributed by atoms with van der Waals surface area (Å²) in [7, 11) is 1.66. The monoisotopic (exact) mass is 473 g/mol. The summed E-state index contributed by atoms with van der Waals surface area (Å²) in [5.74, 6) is 1.64. The van der Waals surface area contributed by atoms with E-state index >= 15 is 0 Å². The number of carbonyl (C=O) groups is 1. The van der Waals surface area contributed by atoms with E-state index in [0.29, 0.717) is 19.7 Å². The van der Waals surface area contributed by atoms with Crippen molar-refractivity contribution in [1.29, 1.82) is 0 Å². The van der Waals surface area contributed by atoms with Gasteiger partial charge in [0, 0.05) is 36.1 Å². The average Bonchev–Trinajstić information content (AvgIpc) is 3.20. The van der Waals surface area contributed by atoms with Crippen molar-refractivity contribution in [2.75, 3.05) is 26.9 Å². The number of alkyl carbamates (subject to hydrolysis) is 1. The van der Waals surface area contributed by atoms with Crippen molar-refractivity contribution < 1.29 is 19.0 Å². The van der Waals surface area contributed by atoms with E-state index in [2.05, 4.69) is 27.9 Å². The van der Waals surface area contributed by atoms with Gasteiger partial charge in [-0.05, 0) is 55.3 Å². The number of ether oxygens (including phenoxy) is 3. The maximum absolute atomic E-state index is 12.2. The van der Waals surface area contributed by atoms with Crippen molar-refractivity contribution in [3.8, 4) is 11.5 Å². The first-order valence-corrected chi connectivity index (χ1v) is 11.8. The van der Waals surface area contributed by atoms with Crippen molar-refractivity contribution in [1.82, 2.24) is 14.9 Å². The molecule has 1 N–H and O–H groups in total. The molecule has 182 valence electrons. The number of fused-ring (bicyclic) bond motifs is 3. The highest BCUT2D eigenvalue weighted by atomic mass is 16.5. The number of hydrogen-bond acceptors (Lipinski definition) is 5. The van der Waals surface area contributed by atoms with E-state index in [0.717, 1.165) is 51.0 Å². The molecule has 0 atom stereocenters. The Hall–Kier alpha value is -4.00. The highest BCUT2D eigenvalue weighted by Gasteiger charge is 2.14. The number of benzene rings is 2. The van der Waals surface area contributed by atoms with Crippen LogP contribution in [0.15, 0.2) is 60.8 Å². The van der Waals surface area contributed by atoms with E-state index in [1.165, 1.54) is 0 Å². The fourth-order valence-electron chi connectivity index (χ4n) is 4.08. The first kappa shape index (κ1) is 24.1. The molecule has 0 fully saturated rings. The lowest BCUT2D eigenvalue weighted by atomic mass is 10.1. The molecule has 0 saturated heterocycles. The molecule has 0 unspecified atom stereocenters. The molecule has 0 aliphatic heterocycles. The number of carbonyl (C=O) groups excluding carboxylic acids is 1. The van der Waals surface area contributed by atoms with Gasteiger partial charge in [-0.2, -0.15) is 0 Å². The molecule has 0 aliphatic rings. The fraction of sp³-hybridized carbons (Fsp3) is 0.286. The fourth-order valence-corrected chi connectivity index (χ4v) is 4.08. The summed E-state index contributed by atoms with van der Waals surface area (Å²) in [6.07, 6.45) is 6.08. The third kappa shape index (κ3) is 5.74. The number of pyridine rings is 1. The van der Waals surface area contributed by atoms with Crippen LogP contribution in [0.25, 0.3) is 27.9 Å². The van der Waals surface area contributed by atoms with Crippen LogP contribution in [0.3, 0.4) is 0 Å². The number of rotatable bonds is 10. The third-order valence-electron chi connectivity index (χ3n) is 5.74. The Kier molecular flexibility index (Phi) is 7.88. The standard InChI is InChI=1S/C28H31N3O4/c1-4-17-34-22-9-7-21(8-10-22)6-5-18-35-28(32)30-15-16-31-26-19-23(33-3)11-12-24(26)25-13-14-29-20(2)27(25)31/h5-14,19H,4,15-18H2,1-3H3,(H,30,32)/b6-5+. The van der Waals surface area contributed by atoms with Gasteiger partial charge in [0.05, 0.1) is 30.4 Å². The molecule has 35 heavy (non-hydrogen) atoms. The van der Waals surface area contributed by atoms with Crippen LogP contribution in [0.2, 0.25) is 0 Å². The van der Waals surface area contributed by atoms with E-state index in [1.807, 2.05) is 67.7 Å². The molecule has 7 heteroatoms. The Labute approximate surface area is 205 Å². The lowest BCUT2D eigenvalue weighted by molar-refractivity contribution is 0.158. The molecule has 4 rings (SSSR count). The summed E-state index contributed by atoms with van der Waals surface area (Å²) >= 11 is 0. The van der Waals surface area contributed by atoms with Crippen LogP contribution in [0.4, 0.5) is 4.79 Å². The second-order valence-electron chi connectivity index (χ2n) is 8.17. The zero-order chi connectivity index (χ0) is 24.6. The van der Waals surface area contributed by atoms with Crippen molar-refractivity contribution in [3.05, 3.63) is 72.1 Å². The Bertz CT molecular complexity index is 1330. The minimum absolute atomic E-state index is 0.190. The number of amides is 1. The number of nitrogens with zero attached hydrogens (tertiary/aromatic N) is 2. The Morgan fingerprint density at radius 3 is 2.66 bits per heavy atom. The molecule has 0 spiro atoms. The molecule has 0 saturated carbocycles. The van der Waals surface area contributed by atoms with Crippen molar-refractivity contribution in [3.63, 3.8) is 0 Å². The SMILES string of the molecule is CCCOc1ccc(/C=C/COC(=O)NCCn2c3cc(OC)ccc3c3ccnc(C)c32)cc1.